The highest BCUT2D eigenvalue weighted by Gasteiger charge is 2.16. The number of anilines is 2. The lowest BCUT2D eigenvalue weighted by Gasteiger charge is -2.10. The number of nitrogens with zero attached hydrogens (tertiary/aromatic N) is 2. The molecule has 7 nitrogen and oxygen atoms in total. The normalized spacial score (nSPS) is 10.8. The zero-order chi connectivity index (χ0) is 20.6. The minimum atomic E-state index is -0.648. The number of nitrogens with one attached hydrogen (secondary N) is 2. The van der Waals surface area contributed by atoms with Gasteiger partial charge in [0.1, 0.15) is 11.6 Å². The number of fused-ring (bicyclic) bond motifs is 1. The molecule has 0 saturated heterocycles. The van der Waals surface area contributed by atoms with Gasteiger partial charge in [-0.15, -0.1) is 0 Å². The van der Waals surface area contributed by atoms with E-state index in [2.05, 4.69) is 15.6 Å². The van der Waals surface area contributed by atoms with Gasteiger partial charge in [0.15, 0.2) is 0 Å². The SMILES string of the molecule is CCOC(=O)c1ccccc1NC(=O)/C(C#N)=C\Nc1cccc2cccnc12. The van der Waals surface area contributed by atoms with E-state index >= 15 is 0 Å². The van der Waals surface area contributed by atoms with Crippen molar-refractivity contribution in [1.82, 2.24) is 4.98 Å². The van der Waals surface area contributed by atoms with Gasteiger partial charge in [-0.2, -0.15) is 5.26 Å². The maximum absolute atomic E-state index is 12.6. The highest BCUT2D eigenvalue weighted by Crippen LogP contribution is 2.21. The third-order valence-electron chi connectivity index (χ3n) is 4.04. The van der Waals surface area contributed by atoms with Crippen molar-refractivity contribution in [3.63, 3.8) is 0 Å². The molecule has 0 unspecified atom stereocenters. The van der Waals surface area contributed by atoms with Crippen LogP contribution in [0.1, 0.15) is 17.3 Å². The molecule has 0 saturated carbocycles. The Kier molecular flexibility index (Phi) is 6.18. The van der Waals surface area contributed by atoms with E-state index in [-0.39, 0.29) is 23.4 Å². The summed E-state index contributed by atoms with van der Waals surface area (Å²) in [5.41, 5.74) is 1.71. The van der Waals surface area contributed by atoms with Gasteiger partial charge < -0.3 is 15.4 Å². The van der Waals surface area contributed by atoms with Gasteiger partial charge in [0.25, 0.3) is 5.91 Å². The summed E-state index contributed by atoms with van der Waals surface area (Å²) in [7, 11) is 0. The maximum atomic E-state index is 12.6. The fourth-order valence-electron chi connectivity index (χ4n) is 2.69. The average Bonchev–Trinajstić information content (AvgIpc) is 2.75. The van der Waals surface area contributed by atoms with Crippen molar-refractivity contribution in [1.29, 1.82) is 5.26 Å². The Morgan fingerprint density at radius 3 is 2.66 bits per heavy atom. The summed E-state index contributed by atoms with van der Waals surface area (Å²) in [5, 5.41) is 15.9. The van der Waals surface area contributed by atoms with Gasteiger partial charge in [-0.25, -0.2) is 4.79 Å². The largest absolute Gasteiger partial charge is 0.462 e. The third-order valence-corrected chi connectivity index (χ3v) is 4.04. The van der Waals surface area contributed by atoms with E-state index in [1.54, 1.807) is 43.5 Å². The molecular weight excluding hydrogens is 368 g/mol. The number of amides is 1. The second-order valence-electron chi connectivity index (χ2n) is 5.92. The van der Waals surface area contributed by atoms with Crippen molar-refractivity contribution < 1.29 is 14.3 Å². The van der Waals surface area contributed by atoms with Crippen molar-refractivity contribution >= 4 is 34.2 Å². The summed E-state index contributed by atoms with van der Waals surface area (Å²) in [5.74, 6) is -1.20. The molecule has 0 spiro atoms. The Labute approximate surface area is 167 Å². The van der Waals surface area contributed by atoms with Crippen LogP contribution in [0, 0.1) is 11.3 Å². The van der Waals surface area contributed by atoms with Gasteiger partial charge >= 0.3 is 5.97 Å². The molecule has 29 heavy (non-hydrogen) atoms. The predicted octanol–water partition coefficient (Wildman–Crippen LogP) is 3.87. The zero-order valence-corrected chi connectivity index (χ0v) is 15.7. The molecular formula is C22H18N4O3. The topological polar surface area (TPSA) is 104 Å². The Morgan fingerprint density at radius 1 is 1.10 bits per heavy atom. The molecule has 1 heterocycles. The number of para-hydroxylation sites is 2. The number of pyridine rings is 1. The van der Waals surface area contributed by atoms with Crippen LogP contribution >= 0.6 is 0 Å². The number of carbonyl (C=O) groups is 2. The van der Waals surface area contributed by atoms with E-state index < -0.39 is 11.9 Å². The van der Waals surface area contributed by atoms with Gasteiger partial charge in [-0.1, -0.05) is 30.3 Å². The fraction of sp³-hybridized carbons (Fsp3) is 0.0909. The Morgan fingerprint density at radius 2 is 1.86 bits per heavy atom. The predicted molar refractivity (Wildman–Crippen MR) is 110 cm³/mol. The van der Waals surface area contributed by atoms with Crippen LogP contribution in [0.15, 0.2) is 72.6 Å². The highest BCUT2D eigenvalue weighted by atomic mass is 16.5. The first-order valence-electron chi connectivity index (χ1n) is 8.92. The third kappa shape index (κ3) is 4.57. The summed E-state index contributed by atoms with van der Waals surface area (Å²) in [4.78, 5) is 28.9. The molecule has 0 atom stereocenters. The number of ether oxygens (including phenoxy) is 1. The van der Waals surface area contributed by atoms with Crippen molar-refractivity contribution in [2.24, 2.45) is 0 Å². The molecule has 0 aliphatic rings. The zero-order valence-electron chi connectivity index (χ0n) is 15.7. The molecule has 0 aliphatic carbocycles. The summed E-state index contributed by atoms with van der Waals surface area (Å²) in [6.07, 6.45) is 2.98. The molecule has 0 fully saturated rings. The number of carbonyl (C=O) groups excluding carboxylic acids is 2. The Balaban J connectivity index is 1.81. The van der Waals surface area contributed by atoms with Crippen LogP contribution in [0.25, 0.3) is 10.9 Å². The first-order chi connectivity index (χ1) is 14.1. The molecule has 0 bridgehead atoms. The molecule has 2 aromatic carbocycles. The molecule has 1 amide bonds. The first kappa shape index (κ1) is 19.6. The Hall–Kier alpha value is -4.18. The second-order valence-corrected chi connectivity index (χ2v) is 5.92. The number of esters is 1. The number of rotatable bonds is 6. The molecule has 7 heteroatoms. The summed E-state index contributed by atoms with van der Waals surface area (Å²) in [6, 6.07) is 17.6. The molecule has 0 radical (unpaired) electrons. The van der Waals surface area contributed by atoms with Gasteiger partial charge in [0.2, 0.25) is 0 Å². The van der Waals surface area contributed by atoms with E-state index in [9.17, 15) is 14.9 Å². The van der Waals surface area contributed by atoms with E-state index in [0.29, 0.717) is 5.69 Å². The van der Waals surface area contributed by atoms with Crippen LogP contribution < -0.4 is 10.6 Å². The number of aromatic nitrogens is 1. The lowest BCUT2D eigenvalue weighted by molar-refractivity contribution is -0.112. The molecule has 1 aromatic heterocycles. The first-order valence-corrected chi connectivity index (χ1v) is 8.92. The van der Waals surface area contributed by atoms with Crippen molar-refractivity contribution in [3.05, 3.63) is 78.1 Å². The summed E-state index contributed by atoms with van der Waals surface area (Å²) >= 11 is 0. The van der Waals surface area contributed by atoms with Gasteiger partial charge in [-0.05, 0) is 31.2 Å². The van der Waals surface area contributed by atoms with Crippen molar-refractivity contribution in [3.8, 4) is 6.07 Å². The van der Waals surface area contributed by atoms with Crippen LogP contribution in [-0.4, -0.2) is 23.5 Å². The van der Waals surface area contributed by atoms with E-state index in [1.807, 2.05) is 30.3 Å². The van der Waals surface area contributed by atoms with Crippen molar-refractivity contribution in [2.45, 2.75) is 6.92 Å². The van der Waals surface area contributed by atoms with Gasteiger partial charge in [-0.3, -0.25) is 9.78 Å². The van der Waals surface area contributed by atoms with E-state index in [4.69, 9.17) is 4.74 Å². The summed E-state index contributed by atoms with van der Waals surface area (Å²) < 4.78 is 4.99. The number of nitriles is 1. The molecule has 3 rings (SSSR count). The number of benzene rings is 2. The van der Waals surface area contributed by atoms with E-state index in [1.165, 1.54) is 6.20 Å². The van der Waals surface area contributed by atoms with E-state index in [0.717, 1.165) is 10.9 Å². The quantitative estimate of drug-likeness (QED) is 0.379. The monoisotopic (exact) mass is 386 g/mol. The van der Waals surface area contributed by atoms with Crippen LogP contribution in [0.2, 0.25) is 0 Å². The van der Waals surface area contributed by atoms with Gasteiger partial charge in [0.05, 0.1) is 29.1 Å². The lowest BCUT2D eigenvalue weighted by atomic mass is 10.1. The molecule has 3 aromatic rings. The number of hydrogen-bond acceptors (Lipinski definition) is 6. The Bertz CT molecular complexity index is 1130. The van der Waals surface area contributed by atoms with Crippen LogP contribution in [0.3, 0.4) is 0 Å². The molecule has 0 aliphatic heterocycles. The summed E-state index contributed by atoms with van der Waals surface area (Å²) in [6.45, 7) is 1.91. The molecule has 144 valence electrons. The van der Waals surface area contributed by atoms with Gasteiger partial charge in [0, 0.05) is 17.8 Å². The standard InChI is InChI=1S/C22H18N4O3/c1-2-29-22(28)17-9-3-4-10-18(17)26-21(27)16(13-23)14-25-19-11-5-7-15-8-6-12-24-20(15)19/h3-12,14,25H,2H2,1H3,(H,26,27)/b16-14-. The second kappa shape index (κ2) is 9.15. The minimum absolute atomic E-state index is 0.156. The minimum Gasteiger partial charge on any atom is -0.462 e. The van der Waals surface area contributed by atoms with Crippen LogP contribution in [-0.2, 0) is 9.53 Å². The van der Waals surface area contributed by atoms with Crippen LogP contribution in [0.4, 0.5) is 11.4 Å². The van der Waals surface area contributed by atoms with Crippen molar-refractivity contribution in [2.75, 3.05) is 17.2 Å². The fourth-order valence-corrected chi connectivity index (χ4v) is 2.69. The smallest absolute Gasteiger partial charge is 0.340 e. The average molecular weight is 386 g/mol. The lowest BCUT2D eigenvalue weighted by Crippen LogP contribution is -2.17. The molecule has 2 N–H and O–H groups in total. The number of hydrogen-bond donors (Lipinski definition) is 2. The maximum Gasteiger partial charge on any atom is 0.340 e. The van der Waals surface area contributed by atoms with Crippen LogP contribution in [0.5, 0.6) is 0 Å². The highest BCUT2D eigenvalue weighted by molar-refractivity contribution is 6.09.